The Balaban J connectivity index is 0.922. The number of aromatic nitrogens is 7. The zero-order valence-electron chi connectivity index (χ0n) is 28.7. The maximum absolute atomic E-state index is 15.2. The van der Waals surface area contributed by atoms with Crippen LogP contribution in [-0.4, -0.2) is 82.8 Å². The van der Waals surface area contributed by atoms with Crippen molar-refractivity contribution in [3.8, 4) is 11.3 Å². The van der Waals surface area contributed by atoms with Crippen molar-refractivity contribution >= 4 is 29.1 Å². The summed E-state index contributed by atoms with van der Waals surface area (Å²) in [5, 5.41) is 21.0. The van der Waals surface area contributed by atoms with Crippen molar-refractivity contribution in [1.29, 1.82) is 0 Å². The second-order valence-corrected chi connectivity index (χ2v) is 14.1. The van der Waals surface area contributed by atoms with Crippen LogP contribution in [0.5, 0.6) is 0 Å². The molecule has 1 atom stereocenters. The first-order valence-corrected chi connectivity index (χ1v) is 17.1. The van der Waals surface area contributed by atoms with Crippen LogP contribution in [0.4, 0.5) is 10.2 Å². The lowest BCUT2D eigenvalue weighted by atomic mass is 9.97. The van der Waals surface area contributed by atoms with E-state index >= 15 is 4.39 Å². The number of anilines is 1. The van der Waals surface area contributed by atoms with Crippen LogP contribution in [0.3, 0.4) is 0 Å². The van der Waals surface area contributed by atoms with Crippen LogP contribution >= 0.6 is 0 Å². The highest BCUT2D eigenvalue weighted by Gasteiger charge is 2.28. The highest BCUT2D eigenvalue weighted by atomic mass is 19.1. The third-order valence-corrected chi connectivity index (χ3v) is 9.32. The first kappa shape index (κ1) is 34.0. The summed E-state index contributed by atoms with van der Waals surface area (Å²) in [6, 6.07) is 8.56. The maximum Gasteiger partial charge on any atom is 0.292 e. The van der Waals surface area contributed by atoms with Gasteiger partial charge in [-0.15, -0.1) is 0 Å². The largest absolute Gasteiger partial charge is 0.357 e. The van der Waals surface area contributed by atoms with Crippen molar-refractivity contribution in [1.82, 2.24) is 50.1 Å². The van der Waals surface area contributed by atoms with Crippen molar-refractivity contribution in [2.45, 2.75) is 76.9 Å². The monoisotopic (exact) mass is 697 g/mol. The molecule has 7 rings (SSSR count). The van der Waals surface area contributed by atoms with Crippen LogP contribution in [0.2, 0.25) is 0 Å². The van der Waals surface area contributed by atoms with E-state index in [9.17, 15) is 14.4 Å². The van der Waals surface area contributed by atoms with Gasteiger partial charge in [0, 0.05) is 67.6 Å². The van der Waals surface area contributed by atoms with E-state index < -0.39 is 23.2 Å². The Hall–Kier alpha value is -5.51. The summed E-state index contributed by atoms with van der Waals surface area (Å²) < 4.78 is 24.2. The van der Waals surface area contributed by atoms with Gasteiger partial charge >= 0.3 is 0 Å². The van der Waals surface area contributed by atoms with Gasteiger partial charge in [0.1, 0.15) is 24.0 Å². The highest BCUT2D eigenvalue weighted by molar-refractivity contribution is 6.01. The summed E-state index contributed by atoms with van der Waals surface area (Å²) in [6.07, 6.45) is 8.88. The minimum atomic E-state index is -0.548. The fraction of sp³-hybridized carbons (Fsp3) is 0.429. The van der Waals surface area contributed by atoms with Crippen LogP contribution in [0.1, 0.15) is 80.1 Å². The number of carbonyl (C=O) groups is 3. The van der Waals surface area contributed by atoms with Gasteiger partial charge in [0.15, 0.2) is 0 Å². The number of benzene rings is 1. The summed E-state index contributed by atoms with van der Waals surface area (Å²) >= 11 is 0. The Bertz CT molecular complexity index is 2070. The third kappa shape index (κ3) is 7.65. The van der Waals surface area contributed by atoms with Crippen LogP contribution in [0.15, 0.2) is 53.6 Å². The van der Waals surface area contributed by atoms with Crippen molar-refractivity contribution < 1.29 is 23.3 Å². The molecule has 266 valence electrons. The van der Waals surface area contributed by atoms with Gasteiger partial charge in [0.25, 0.3) is 11.7 Å². The zero-order chi connectivity index (χ0) is 35.7. The Morgan fingerprint density at radius 1 is 1.12 bits per heavy atom. The maximum atomic E-state index is 15.2. The van der Waals surface area contributed by atoms with E-state index in [-0.39, 0.29) is 30.2 Å². The number of piperidine rings is 2. The number of hydrogen-bond acceptors (Lipinski definition) is 11. The lowest BCUT2D eigenvalue weighted by Gasteiger charge is -2.32. The molecule has 51 heavy (non-hydrogen) atoms. The molecule has 1 aromatic carbocycles. The van der Waals surface area contributed by atoms with E-state index in [1.807, 2.05) is 50.0 Å². The van der Waals surface area contributed by atoms with Gasteiger partial charge in [-0.2, -0.15) is 15.2 Å². The number of nitrogens with one attached hydrogen (secondary N) is 3. The quantitative estimate of drug-likeness (QED) is 0.182. The topological polar surface area (TPSA) is 177 Å². The summed E-state index contributed by atoms with van der Waals surface area (Å²) in [5.41, 5.74) is 3.01. The van der Waals surface area contributed by atoms with E-state index in [1.165, 1.54) is 12.4 Å². The Morgan fingerprint density at radius 3 is 2.69 bits per heavy atom. The van der Waals surface area contributed by atoms with Crippen LogP contribution < -0.4 is 16.0 Å². The molecule has 3 amide bonds. The molecule has 3 N–H and O–H groups in total. The molecule has 4 aromatic heterocycles. The summed E-state index contributed by atoms with van der Waals surface area (Å²) in [6.45, 7) is 8.40. The smallest absolute Gasteiger partial charge is 0.292 e. The van der Waals surface area contributed by atoms with Crippen molar-refractivity contribution in [3.05, 3.63) is 77.7 Å². The van der Waals surface area contributed by atoms with Crippen LogP contribution in [-0.2, 0) is 28.0 Å². The number of nitrogens with zero attached hydrogens (tertiary/aromatic N) is 8. The lowest BCUT2D eigenvalue weighted by molar-refractivity contribution is -0.133. The molecule has 0 bridgehead atoms. The predicted molar refractivity (Wildman–Crippen MR) is 183 cm³/mol. The molecule has 0 saturated carbocycles. The Morgan fingerprint density at radius 2 is 1.94 bits per heavy atom. The molecule has 2 aliphatic rings. The fourth-order valence-electron chi connectivity index (χ4n) is 6.38. The molecule has 6 heterocycles. The summed E-state index contributed by atoms with van der Waals surface area (Å²) in [7, 11) is 0. The average molecular weight is 698 g/mol. The van der Waals surface area contributed by atoms with E-state index in [0.29, 0.717) is 41.4 Å². The number of amides is 3. The normalized spacial score (nSPS) is 17.5. The molecule has 0 radical (unpaired) electrons. The molecule has 2 fully saturated rings. The van der Waals surface area contributed by atoms with E-state index in [4.69, 9.17) is 4.52 Å². The lowest BCUT2D eigenvalue weighted by Crippen LogP contribution is -2.47. The summed E-state index contributed by atoms with van der Waals surface area (Å²) in [4.78, 5) is 47.1. The predicted octanol–water partition coefficient (Wildman–Crippen LogP) is 3.44. The van der Waals surface area contributed by atoms with Crippen molar-refractivity contribution in [3.63, 3.8) is 0 Å². The van der Waals surface area contributed by atoms with E-state index in [2.05, 4.69) is 46.2 Å². The second kappa shape index (κ2) is 14.0. The van der Waals surface area contributed by atoms with E-state index in [0.717, 1.165) is 50.0 Å². The molecule has 15 nitrogen and oxygen atoms in total. The molecule has 2 saturated heterocycles. The second-order valence-electron chi connectivity index (χ2n) is 14.1. The van der Waals surface area contributed by atoms with Gasteiger partial charge in [0.2, 0.25) is 17.7 Å². The minimum Gasteiger partial charge on any atom is -0.357 e. The zero-order valence-corrected chi connectivity index (χ0v) is 28.7. The fourth-order valence-corrected chi connectivity index (χ4v) is 6.38. The molecule has 1 unspecified atom stereocenters. The van der Waals surface area contributed by atoms with Gasteiger partial charge < -0.3 is 20.1 Å². The van der Waals surface area contributed by atoms with Gasteiger partial charge in [-0.05, 0) is 43.4 Å². The number of halogens is 1. The molecule has 16 heteroatoms. The molecule has 5 aromatic rings. The summed E-state index contributed by atoms with van der Waals surface area (Å²) in [5.74, 6) is -0.689. The number of imide groups is 1. The number of fused-ring (bicyclic) bond motifs is 1. The minimum absolute atomic E-state index is 0.0409. The van der Waals surface area contributed by atoms with Crippen LogP contribution in [0.25, 0.3) is 16.8 Å². The Kier molecular flexibility index (Phi) is 9.33. The third-order valence-electron chi connectivity index (χ3n) is 9.32. The average Bonchev–Trinajstić information content (AvgIpc) is 3.88. The van der Waals surface area contributed by atoms with Gasteiger partial charge in [-0.1, -0.05) is 38.1 Å². The molecule has 2 aliphatic heterocycles. The number of rotatable bonds is 10. The number of hydrogen-bond donors (Lipinski definition) is 3. The van der Waals surface area contributed by atoms with E-state index in [1.54, 1.807) is 16.6 Å². The standard InChI is InChI=1S/C35H40FN11O4/c1-35(2,3)34-42-31(44-51-34)33(50)37-18-23-5-4-22(17-25(23)36)30-27-16-21(19-47(27)39-20-38-30)8-12-45-13-9-24(10-14-45)46-15-11-28(43-46)40-26-6-7-29(48)41-32(26)49/h4-5,11,15-17,19-20,24,26H,6-10,12-14,18H2,1-3H3,(H,37,50)(H,40,43)(H,41,48,49). The van der Waals surface area contributed by atoms with Gasteiger partial charge in [-0.25, -0.2) is 13.9 Å². The molecular weight excluding hydrogens is 657 g/mol. The van der Waals surface area contributed by atoms with Gasteiger partial charge in [0.05, 0.1) is 17.3 Å². The first-order chi connectivity index (χ1) is 24.5. The number of likely N-dealkylation sites (tertiary alicyclic amines) is 1. The molecule has 0 aliphatic carbocycles. The molecular formula is C35H40FN11O4. The Labute approximate surface area is 293 Å². The highest BCUT2D eigenvalue weighted by Crippen LogP contribution is 2.27. The van der Waals surface area contributed by atoms with Gasteiger partial charge in [-0.3, -0.25) is 24.4 Å². The van der Waals surface area contributed by atoms with Crippen molar-refractivity contribution in [2.24, 2.45) is 0 Å². The SMILES string of the molecule is CC(C)(C)c1nc(C(=O)NCc2ccc(-c3ncnn4cc(CCN5CCC(n6ccc(NC7CCC(=O)NC7=O)n6)CC5)cc34)cc2F)no1. The first-order valence-electron chi connectivity index (χ1n) is 17.1. The van der Waals surface area contributed by atoms with Crippen molar-refractivity contribution in [2.75, 3.05) is 25.0 Å². The molecule has 0 spiro atoms. The van der Waals surface area contributed by atoms with Crippen LogP contribution in [0, 0.1) is 5.82 Å². The number of carbonyl (C=O) groups excluding carboxylic acids is 3.